The molecule has 0 aliphatic rings. The first-order chi connectivity index (χ1) is 12.0. The molecule has 0 aliphatic heterocycles. The second-order valence-corrected chi connectivity index (χ2v) is 6.24. The van der Waals surface area contributed by atoms with Crippen LogP contribution in [0.2, 0.25) is 0 Å². The number of ether oxygens (including phenoxy) is 2. The van der Waals surface area contributed by atoms with E-state index in [1.807, 2.05) is 18.2 Å². The van der Waals surface area contributed by atoms with E-state index in [4.69, 9.17) is 9.47 Å². The van der Waals surface area contributed by atoms with Crippen LogP contribution < -0.4 is 20.1 Å². The van der Waals surface area contributed by atoms with Crippen LogP contribution in [0.4, 0.5) is 5.69 Å². The molecule has 2 aromatic rings. The van der Waals surface area contributed by atoms with Crippen molar-refractivity contribution in [1.82, 2.24) is 0 Å². The average molecular weight is 343 g/mol. The number of nitrogens with two attached hydrogens (primary N) is 1. The summed E-state index contributed by atoms with van der Waals surface area (Å²) >= 11 is 0. The number of rotatable bonds is 8. The number of quaternary nitrogens is 1. The number of hydrogen-bond acceptors (Lipinski definition) is 3. The minimum Gasteiger partial charge on any atom is -0.493 e. The first-order valence-corrected chi connectivity index (χ1v) is 8.45. The molecule has 0 radical (unpaired) electrons. The fraction of sp³-hybridized carbons (Fsp3) is 0.350. The molecule has 0 bridgehead atoms. The van der Waals surface area contributed by atoms with Crippen LogP contribution in [0.15, 0.2) is 48.5 Å². The van der Waals surface area contributed by atoms with E-state index >= 15 is 0 Å². The first kappa shape index (κ1) is 18.8. The molecule has 1 amide bonds. The molecule has 0 heterocycles. The molecule has 0 saturated carbocycles. The minimum absolute atomic E-state index is 0.0474. The molecule has 0 unspecified atom stereocenters. The van der Waals surface area contributed by atoms with E-state index in [-0.39, 0.29) is 11.9 Å². The molecule has 0 fully saturated rings. The molecule has 1 atom stereocenters. The molecule has 2 rings (SSSR count). The maximum absolute atomic E-state index is 12.3. The second-order valence-electron chi connectivity index (χ2n) is 6.24. The summed E-state index contributed by atoms with van der Waals surface area (Å²) in [6.45, 7) is 4.69. The van der Waals surface area contributed by atoms with Gasteiger partial charge in [-0.2, -0.15) is 0 Å². The van der Waals surface area contributed by atoms with Crippen molar-refractivity contribution in [2.24, 2.45) is 5.92 Å². The smallest absolute Gasteiger partial charge is 0.279 e. The lowest BCUT2D eigenvalue weighted by Gasteiger charge is -2.19. The summed E-state index contributed by atoms with van der Waals surface area (Å²) in [5, 5.41) is 4.99. The summed E-state index contributed by atoms with van der Waals surface area (Å²) in [5.74, 6) is 1.61. The van der Waals surface area contributed by atoms with Crippen LogP contribution in [0.1, 0.15) is 25.5 Å². The lowest BCUT2D eigenvalue weighted by molar-refractivity contribution is -0.692. The molecule has 3 N–H and O–H groups in total. The molecule has 25 heavy (non-hydrogen) atoms. The Morgan fingerprint density at radius 2 is 1.72 bits per heavy atom. The lowest BCUT2D eigenvalue weighted by atomic mass is 9.96. The number of nitrogens with one attached hydrogen (secondary N) is 1. The van der Waals surface area contributed by atoms with Gasteiger partial charge in [0.2, 0.25) is 0 Å². The van der Waals surface area contributed by atoms with Gasteiger partial charge in [-0.25, -0.2) is 0 Å². The van der Waals surface area contributed by atoms with Gasteiger partial charge in [-0.15, -0.1) is 0 Å². The largest absolute Gasteiger partial charge is 0.493 e. The van der Waals surface area contributed by atoms with Crippen molar-refractivity contribution in [1.29, 1.82) is 0 Å². The Kier molecular flexibility index (Phi) is 6.83. The van der Waals surface area contributed by atoms with Crippen LogP contribution in [0.3, 0.4) is 0 Å². The summed E-state index contributed by atoms with van der Waals surface area (Å²) in [6.07, 6.45) is 0. The molecule has 0 aromatic heterocycles. The zero-order valence-corrected chi connectivity index (χ0v) is 15.3. The highest BCUT2D eigenvalue weighted by atomic mass is 16.5. The Labute approximate surface area is 149 Å². The van der Waals surface area contributed by atoms with Crippen molar-refractivity contribution in [2.75, 3.05) is 26.1 Å². The van der Waals surface area contributed by atoms with E-state index < -0.39 is 0 Å². The number of hydrogen-bond donors (Lipinski definition) is 2. The molecule has 2 aromatic carbocycles. The highest BCUT2D eigenvalue weighted by Crippen LogP contribution is 2.29. The van der Waals surface area contributed by atoms with E-state index in [0.29, 0.717) is 29.6 Å². The van der Waals surface area contributed by atoms with E-state index in [1.54, 1.807) is 32.4 Å². The van der Waals surface area contributed by atoms with Crippen molar-refractivity contribution >= 4 is 11.6 Å². The predicted molar refractivity (Wildman–Crippen MR) is 99.0 cm³/mol. The predicted octanol–water partition coefficient (Wildman–Crippen LogP) is 2.60. The summed E-state index contributed by atoms with van der Waals surface area (Å²) in [4.78, 5) is 12.3. The molecule has 0 saturated heterocycles. The molecular weight excluding hydrogens is 316 g/mol. The Bertz CT molecular complexity index is 687. The maximum atomic E-state index is 12.3. The summed E-state index contributed by atoms with van der Waals surface area (Å²) in [5.41, 5.74) is 1.92. The molecule has 5 nitrogen and oxygen atoms in total. The van der Waals surface area contributed by atoms with Crippen LogP contribution >= 0.6 is 0 Å². The quantitative estimate of drug-likeness (QED) is 0.774. The Morgan fingerprint density at radius 3 is 2.32 bits per heavy atom. The molecule has 5 heteroatoms. The van der Waals surface area contributed by atoms with Crippen LogP contribution in [0.25, 0.3) is 0 Å². The van der Waals surface area contributed by atoms with E-state index in [2.05, 4.69) is 36.6 Å². The van der Waals surface area contributed by atoms with Crippen molar-refractivity contribution in [3.63, 3.8) is 0 Å². The summed E-state index contributed by atoms with van der Waals surface area (Å²) in [7, 11) is 3.16. The third-order valence-electron chi connectivity index (χ3n) is 4.13. The van der Waals surface area contributed by atoms with Crippen molar-refractivity contribution < 1.29 is 19.6 Å². The number of benzene rings is 2. The number of carbonyl (C=O) groups excluding carboxylic acids is 1. The number of anilines is 1. The highest BCUT2D eigenvalue weighted by Gasteiger charge is 2.20. The van der Waals surface area contributed by atoms with Crippen molar-refractivity contribution in [2.45, 2.75) is 19.9 Å². The standard InChI is InChI=1S/C20H26N2O3/c1-14(2)20(15-8-6-5-7-9-15)21-13-19(23)22-16-10-11-17(24-3)18(12-16)25-4/h5-12,14,20-21H,13H2,1-4H3,(H,22,23)/p+1/t20-/m1/s1. The zero-order valence-electron chi connectivity index (χ0n) is 15.3. The Morgan fingerprint density at radius 1 is 1.04 bits per heavy atom. The molecule has 0 aliphatic carbocycles. The van der Waals surface area contributed by atoms with Crippen molar-refractivity contribution in [3.8, 4) is 11.5 Å². The average Bonchev–Trinajstić information content (AvgIpc) is 2.62. The monoisotopic (exact) mass is 343 g/mol. The second kappa shape index (κ2) is 9.08. The summed E-state index contributed by atoms with van der Waals surface area (Å²) in [6, 6.07) is 15.9. The molecule has 0 spiro atoms. The lowest BCUT2D eigenvalue weighted by Crippen LogP contribution is -2.88. The topological polar surface area (TPSA) is 64.2 Å². The van der Waals surface area contributed by atoms with Gasteiger partial charge in [0.25, 0.3) is 5.91 Å². The van der Waals surface area contributed by atoms with Gasteiger partial charge >= 0.3 is 0 Å². The van der Waals surface area contributed by atoms with Crippen LogP contribution in [0.5, 0.6) is 11.5 Å². The number of amides is 1. The fourth-order valence-corrected chi connectivity index (χ4v) is 2.83. The van der Waals surface area contributed by atoms with Gasteiger partial charge in [-0.1, -0.05) is 44.2 Å². The SMILES string of the molecule is COc1ccc(NC(=O)C[NH2+][C@@H](c2ccccc2)C(C)C)cc1OC. The minimum atomic E-state index is -0.0474. The van der Waals surface area contributed by atoms with Gasteiger partial charge in [0.05, 0.1) is 14.2 Å². The van der Waals surface area contributed by atoms with E-state index in [1.165, 1.54) is 5.56 Å². The Hall–Kier alpha value is -2.53. The van der Waals surface area contributed by atoms with Gasteiger partial charge in [-0.3, -0.25) is 4.79 Å². The first-order valence-electron chi connectivity index (χ1n) is 8.45. The number of carbonyl (C=O) groups is 1. The van der Waals surface area contributed by atoms with E-state index in [9.17, 15) is 4.79 Å². The van der Waals surface area contributed by atoms with Gasteiger partial charge in [-0.05, 0) is 12.1 Å². The third-order valence-corrected chi connectivity index (χ3v) is 4.13. The Balaban J connectivity index is 1.97. The number of methoxy groups -OCH3 is 2. The van der Waals surface area contributed by atoms with Gasteiger partial charge in [0, 0.05) is 23.2 Å². The molecular formula is C20H27N2O3+. The van der Waals surface area contributed by atoms with Gasteiger partial charge < -0.3 is 20.1 Å². The highest BCUT2D eigenvalue weighted by molar-refractivity contribution is 5.91. The van der Waals surface area contributed by atoms with Crippen LogP contribution in [-0.4, -0.2) is 26.7 Å². The van der Waals surface area contributed by atoms with Gasteiger partial charge in [0.15, 0.2) is 18.0 Å². The zero-order chi connectivity index (χ0) is 18.2. The maximum Gasteiger partial charge on any atom is 0.279 e. The van der Waals surface area contributed by atoms with E-state index in [0.717, 1.165) is 0 Å². The third kappa shape index (κ3) is 5.22. The fourth-order valence-electron chi connectivity index (χ4n) is 2.83. The van der Waals surface area contributed by atoms with Crippen LogP contribution in [0, 0.1) is 5.92 Å². The summed E-state index contributed by atoms with van der Waals surface area (Å²) < 4.78 is 10.5. The molecule has 134 valence electrons. The normalized spacial score (nSPS) is 11.9. The van der Waals surface area contributed by atoms with Crippen molar-refractivity contribution in [3.05, 3.63) is 54.1 Å². The van der Waals surface area contributed by atoms with Crippen LogP contribution in [-0.2, 0) is 4.79 Å². The van der Waals surface area contributed by atoms with Gasteiger partial charge in [0.1, 0.15) is 6.04 Å².